The highest BCUT2D eigenvalue weighted by Gasteiger charge is 2.51. The molecule has 32 heavy (non-hydrogen) atoms. The van der Waals surface area contributed by atoms with Crippen molar-refractivity contribution in [1.82, 2.24) is 0 Å². The summed E-state index contributed by atoms with van der Waals surface area (Å²) in [4.78, 5) is 52.5. The lowest BCUT2D eigenvalue weighted by atomic mass is 9.62. The van der Waals surface area contributed by atoms with Crippen molar-refractivity contribution in [3.05, 3.63) is 46.6 Å². The smallest absolute Gasteiger partial charge is 0.187 e. The molecule has 0 aromatic carbocycles. The Bertz CT molecular complexity index is 989. The van der Waals surface area contributed by atoms with Crippen LogP contribution in [-0.4, -0.2) is 23.1 Å². The first-order valence-electron chi connectivity index (χ1n) is 11.8. The second-order valence-corrected chi connectivity index (χ2v) is 11.8. The normalized spacial score (nSPS) is 34.3. The van der Waals surface area contributed by atoms with Crippen LogP contribution < -0.4 is 0 Å². The van der Waals surface area contributed by atoms with E-state index in [4.69, 9.17) is 0 Å². The number of allylic oxidation sites excluding steroid dienone is 8. The van der Waals surface area contributed by atoms with Crippen LogP contribution in [0.4, 0.5) is 0 Å². The fourth-order valence-electron chi connectivity index (χ4n) is 6.40. The SMILES string of the molecule is CC1(C)CCCC1(C)C1=CC(=O)C(C2=CC(=O)C(C3(C)CCCC3(C)C)=CC2=O)=CC1=O. The van der Waals surface area contributed by atoms with Gasteiger partial charge >= 0.3 is 0 Å². The van der Waals surface area contributed by atoms with Gasteiger partial charge in [0.15, 0.2) is 23.1 Å². The summed E-state index contributed by atoms with van der Waals surface area (Å²) >= 11 is 0. The second kappa shape index (κ2) is 7.07. The number of hydrogen-bond donors (Lipinski definition) is 0. The van der Waals surface area contributed by atoms with E-state index in [1.807, 2.05) is 0 Å². The lowest BCUT2D eigenvalue weighted by molar-refractivity contribution is -0.117. The third-order valence-corrected chi connectivity index (χ3v) is 9.59. The van der Waals surface area contributed by atoms with Crippen molar-refractivity contribution >= 4 is 23.1 Å². The minimum absolute atomic E-state index is 0.0441. The summed E-state index contributed by atoms with van der Waals surface area (Å²) in [6.45, 7) is 12.7. The standard InChI is InChI=1S/C28H34O4/c1-25(2)9-7-11-27(25,5)19-15-21(29)17(13-23(19)31)18-14-24(32)20(16-22(18)30)28(6)12-8-10-26(28,3)4/h13-16H,7-12H2,1-6H3. The quantitative estimate of drug-likeness (QED) is 0.556. The molecule has 0 N–H and O–H groups in total. The van der Waals surface area contributed by atoms with Crippen LogP contribution in [0.5, 0.6) is 0 Å². The maximum absolute atomic E-state index is 13.1. The summed E-state index contributed by atoms with van der Waals surface area (Å²) in [5.41, 5.74) is 0.219. The summed E-state index contributed by atoms with van der Waals surface area (Å²) in [5, 5.41) is 0. The lowest BCUT2D eigenvalue weighted by Gasteiger charge is -2.41. The van der Waals surface area contributed by atoms with E-state index in [1.54, 1.807) is 0 Å². The fourth-order valence-corrected chi connectivity index (χ4v) is 6.40. The van der Waals surface area contributed by atoms with Gasteiger partial charge in [-0.3, -0.25) is 19.2 Å². The van der Waals surface area contributed by atoms with E-state index in [2.05, 4.69) is 41.5 Å². The minimum atomic E-state index is -0.377. The summed E-state index contributed by atoms with van der Waals surface area (Å²) in [6, 6.07) is 0. The molecule has 0 aliphatic heterocycles. The molecule has 2 fully saturated rings. The summed E-state index contributed by atoms with van der Waals surface area (Å²) < 4.78 is 0. The minimum Gasteiger partial charge on any atom is -0.290 e. The molecular weight excluding hydrogens is 400 g/mol. The van der Waals surface area contributed by atoms with Gasteiger partial charge < -0.3 is 0 Å². The van der Waals surface area contributed by atoms with Gasteiger partial charge in [0, 0.05) is 33.1 Å². The van der Waals surface area contributed by atoms with Crippen LogP contribution in [0.25, 0.3) is 0 Å². The fraction of sp³-hybridized carbons (Fsp3) is 0.571. The predicted octanol–water partition coefficient (Wildman–Crippen LogP) is 5.43. The average Bonchev–Trinajstić information content (AvgIpc) is 3.13. The van der Waals surface area contributed by atoms with Crippen molar-refractivity contribution in [2.24, 2.45) is 21.7 Å². The number of ketones is 4. The third-order valence-electron chi connectivity index (χ3n) is 9.59. The van der Waals surface area contributed by atoms with Gasteiger partial charge in [-0.15, -0.1) is 0 Å². The average molecular weight is 435 g/mol. The Morgan fingerprint density at radius 3 is 1.12 bits per heavy atom. The van der Waals surface area contributed by atoms with Gasteiger partial charge in [-0.25, -0.2) is 0 Å². The molecule has 4 rings (SSSR count). The Hall–Kier alpha value is -2.36. The first-order chi connectivity index (χ1) is 14.7. The van der Waals surface area contributed by atoms with E-state index < -0.39 is 0 Å². The van der Waals surface area contributed by atoms with Gasteiger partial charge in [0.05, 0.1) is 0 Å². The van der Waals surface area contributed by atoms with Crippen molar-refractivity contribution in [3.63, 3.8) is 0 Å². The maximum Gasteiger partial charge on any atom is 0.187 e. The van der Waals surface area contributed by atoms with Gasteiger partial charge in [-0.05, 0) is 60.8 Å². The molecular formula is C28H34O4. The van der Waals surface area contributed by atoms with E-state index >= 15 is 0 Å². The van der Waals surface area contributed by atoms with Crippen molar-refractivity contribution in [1.29, 1.82) is 0 Å². The lowest BCUT2D eigenvalue weighted by Crippen LogP contribution is -2.37. The predicted molar refractivity (Wildman–Crippen MR) is 124 cm³/mol. The zero-order valence-corrected chi connectivity index (χ0v) is 20.2. The van der Waals surface area contributed by atoms with Crippen LogP contribution in [0.2, 0.25) is 0 Å². The highest BCUT2D eigenvalue weighted by Crippen LogP contribution is 2.58. The summed E-state index contributed by atoms with van der Waals surface area (Å²) in [6.07, 6.45) is 11.2. The van der Waals surface area contributed by atoms with Crippen LogP contribution in [-0.2, 0) is 19.2 Å². The van der Waals surface area contributed by atoms with Crippen LogP contribution in [0.1, 0.15) is 80.1 Å². The number of hydrogen-bond acceptors (Lipinski definition) is 4. The molecule has 2 saturated carbocycles. The van der Waals surface area contributed by atoms with Gasteiger partial charge in [-0.1, -0.05) is 54.4 Å². The van der Waals surface area contributed by atoms with Crippen LogP contribution >= 0.6 is 0 Å². The molecule has 2 unspecified atom stereocenters. The molecule has 4 nitrogen and oxygen atoms in total. The van der Waals surface area contributed by atoms with Crippen LogP contribution in [0.15, 0.2) is 46.6 Å². The molecule has 4 heteroatoms. The topological polar surface area (TPSA) is 68.3 Å². The van der Waals surface area contributed by atoms with Crippen molar-refractivity contribution in [2.45, 2.75) is 80.1 Å². The van der Waals surface area contributed by atoms with Crippen LogP contribution in [0.3, 0.4) is 0 Å². The van der Waals surface area contributed by atoms with Gasteiger partial charge in [0.2, 0.25) is 0 Å². The number of rotatable bonds is 3. The highest BCUT2D eigenvalue weighted by atomic mass is 16.1. The molecule has 0 saturated heterocycles. The van der Waals surface area contributed by atoms with E-state index in [1.165, 1.54) is 24.3 Å². The Morgan fingerprint density at radius 1 is 0.500 bits per heavy atom. The van der Waals surface area contributed by atoms with E-state index in [0.717, 1.165) is 38.5 Å². The molecule has 4 aliphatic rings. The molecule has 0 radical (unpaired) electrons. The highest BCUT2D eigenvalue weighted by molar-refractivity contribution is 6.31. The second-order valence-electron chi connectivity index (χ2n) is 11.8. The monoisotopic (exact) mass is 434 g/mol. The molecule has 0 aromatic heterocycles. The Morgan fingerprint density at radius 2 is 0.844 bits per heavy atom. The summed E-state index contributed by atoms with van der Waals surface area (Å²) in [7, 11) is 0. The van der Waals surface area contributed by atoms with Gasteiger partial charge in [0.1, 0.15) is 0 Å². The Balaban J connectivity index is 1.66. The molecule has 0 spiro atoms. The molecule has 4 aliphatic carbocycles. The number of carbonyl (C=O) groups excluding carboxylic acids is 4. The third kappa shape index (κ3) is 3.09. The van der Waals surface area contributed by atoms with Crippen molar-refractivity contribution in [2.75, 3.05) is 0 Å². The molecule has 2 atom stereocenters. The maximum atomic E-state index is 13.1. The summed E-state index contributed by atoms with van der Waals surface area (Å²) in [5.74, 6) is -1.17. The van der Waals surface area contributed by atoms with E-state index in [9.17, 15) is 19.2 Å². The molecule has 0 aromatic rings. The first kappa shape index (κ1) is 22.8. The molecule has 0 bridgehead atoms. The van der Waals surface area contributed by atoms with Crippen LogP contribution in [0, 0.1) is 21.7 Å². The number of carbonyl (C=O) groups is 4. The molecule has 170 valence electrons. The van der Waals surface area contributed by atoms with Gasteiger partial charge in [-0.2, -0.15) is 0 Å². The molecule has 0 heterocycles. The van der Waals surface area contributed by atoms with Gasteiger partial charge in [0.25, 0.3) is 0 Å². The van der Waals surface area contributed by atoms with E-state index in [-0.39, 0.29) is 55.9 Å². The Labute approximate surface area is 190 Å². The Kier molecular flexibility index (Phi) is 5.04. The van der Waals surface area contributed by atoms with E-state index in [0.29, 0.717) is 11.1 Å². The van der Waals surface area contributed by atoms with Crippen molar-refractivity contribution in [3.8, 4) is 0 Å². The largest absolute Gasteiger partial charge is 0.290 e. The molecule has 0 amide bonds. The zero-order valence-electron chi connectivity index (χ0n) is 20.2. The van der Waals surface area contributed by atoms with Crippen molar-refractivity contribution < 1.29 is 19.2 Å². The zero-order chi connectivity index (χ0) is 23.7. The first-order valence-corrected chi connectivity index (χ1v) is 11.8.